The molecule has 0 spiro atoms. The van der Waals surface area contributed by atoms with E-state index >= 15 is 0 Å². The summed E-state index contributed by atoms with van der Waals surface area (Å²) in [6.45, 7) is 6.62. The van der Waals surface area contributed by atoms with E-state index in [2.05, 4.69) is 37.9 Å². The summed E-state index contributed by atoms with van der Waals surface area (Å²) in [5.74, 6) is 0. The van der Waals surface area contributed by atoms with Gasteiger partial charge in [0.1, 0.15) is 0 Å². The summed E-state index contributed by atoms with van der Waals surface area (Å²) in [5, 5.41) is 0. The van der Waals surface area contributed by atoms with Crippen LogP contribution in [0.5, 0.6) is 0 Å². The standard InChI is InChI=1S/C13H21N.C4H10/c1-2-3-4-5-6-7-10-13-11-8-9-12-14-13;1-3-4-2/h8-9,11-12H,2-7,10H2,1H3;3-4H2,1-2H3. The van der Waals surface area contributed by atoms with E-state index in [0.29, 0.717) is 0 Å². The van der Waals surface area contributed by atoms with Gasteiger partial charge in [-0.1, -0.05) is 71.8 Å². The zero-order chi connectivity index (χ0) is 13.5. The Kier molecular flexibility index (Phi) is 13.5. The normalized spacial score (nSPS) is 9.72. The molecule has 1 rings (SSSR count). The monoisotopic (exact) mass is 249 g/mol. The van der Waals surface area contributed by atoms with E-state index in [9.17, 15) is 0 Å². The Balaban J connectivity index is 0.000000631. The average Bonchev–Trinajstić information content (AvgIpc) is 2.44. The van der Waals surface area contributed by atoms with Crippen LogP contribution in [0.1, 0.15) is 77.8 Å². The molecule has 0 aliphatic heterocycles. The Morgan fingerprint density at radius 2 is 1.44 bits per heavy atom. The lowest BCUT2D eigenvalue weighted by atomic mass is 10.1. The lowest BCUT2D eigenvalue weighted by Crippen LogP contribution is -1.88. The van der Waals surface area contributed by atoms with Crippen molar-refractivity contribution < 1.29 is 0 Å². The molecule has 0 fully saturated rings. The van der Waals surface area contributed by atoms with E-state index in [4.69, 9.17) is 0 Å². The molecular weight excluding hydrogens is 218 g/mol. The smallest absolute Gasteiger partial charge is 0.0403 e. The van der Waals surface area contributed by atoms with Crippen molar-refractivity contribution in [1.82, 2.24) is 4.98 Å². The van der Waals surface area contributed by atoms with Crippen molar-refractivity contribution in [2.45, 2.75) is 78.6 Å². The molecule has 0 aliphatic carbocycles. The molecule has 0 atom stereocenters. The van der Waals surface area contributed by atoms with Crippen molar-refractivity contribution in [3.8, 4) is 0 Å². The van der Waals surface area contributed by atoms with Crippen LogP contribution in [0.3, 0.4) is 0 Å². The van der Waals surface area contributed by atoms with Gasteiger partial charge in [-0.25, -0.2) is 0 Å². The molecule has 1 aromatic rings. The summed E-state index contributed by atoms with van der Waals surface area (Å²) in [4.78, 5) is 4.31. The third-order valence-corrected chi connectivity index (χ3v) is 3.01. The molecule has 0 radical (unpaired) electrons. The van der Waals surface area contributed by atoms with E-state index in [1.165, 1.54) is 57.1 Å². The molecule has 0 N–H and O–H groups in total. The minimum absolute atomic E-state index is 1.15. The highest BCUT2D eigenvalue weighted by Gasteiger charge is 1.93. The number of unbranched alkanes of at least 4 members (excludes halogenated alkanes) is 6. The van der Waals surface area contributed by atoms with Gasteiger partial charge in [0.25, 0.3) is 0 Å². The Morgan fingerprint density at radius 3 is 2.00 bits per heavy atom. The molecule has 18 heavy (non-hydrogen) atoms. The van der Waals surface area contributed by atoms with Crippen molar-refractivity contribution in [1.29, 1.82) is 0 Å². The average molecular weight is 249 g/mol. The SMILES string of the molecule is CCCC.CCCCCCCCc1ccccn1. The van der Waals surface area contributed by atoms with Gasteiger partial charge in [0.05, 0.1) is 0 Å². The van der Waals surface area contributed by atoms with Crippen molar-refractivity contribution >= 4 is 0 Å². The zero-order valence-corrected chi connectivity index (χ0v) is 12.6. The van der Waals surface area contributed by atoms with Gasteiger partial charge in [-0.2, -0.15) is 0 Å². The summed E-state index contributed by atoms with van der Waals surface area (Å²) in [5.41, 5.74) is 1.24. The minimum Gasteiger partial charge on any atom is -0.261 e. The van der Waals surface area contributed by atoms with Crippen molar-refractivity contribution in [3.63, 3.8) is 0 Å². The van der Waals surface area contributed by atoms with Crippen LogP contribution in [0, 0.1) is 0 Å². The number of nitrogens with zero attached hydrogens (tertiary/aromatic N) is 1. The number of aromatic nitrogens is 1. The predicted molar refractivity (Wildman–Crippen MR) is 81.9 cm³/mol. The fraction of sp³-hybridized carbons (Fsp3) is 0.706. The van der Waals surface area contributed by atoms with Crippen LogP contribution < -0.4 is 0 Å². The lowest BCUT2D eigenvalue weighted by molar-refractivity contribution is 0.604. The Labute approximate surface area is 114 Å². The molecule has 0 bridgehead atoms. The summed E-state index contributed by atoms with van der Waals surface area (Å²) in [6, 6.07) is 6.16. The highest BCUT2D eigenvalue weighted by Crippen LogP contribution is 2.07. The predicted octanol–water partition coefficient (Wildman–Crippen LogP) is 5.79. The van der Waals surface area contributed by atoms with E-state index in [1.54, 1.807) is 0 Å². The first-order valence-corrected chi connectivity index (χ1v) is 7.75. The Bertz CT molecular complexity index is 241. The number of hydrogen-bond donors (Lipinski definition) is 0. The van der Waals surface area contributed by atoms with Crippen LogP contribution in [0.25, 0.3) is 0 Å². The third-order valence-electron chi connectivity index (χ3n) is 3.01. The largest absolute Gasteiger partial charge is 0.261 e. The summed E-state index contributed by atoms with van der Waals surface area (Å²) >= 11 is 0. The van der Waals surface area contributed by atoms with Gasteiger partial charge in [-0.05, 0) is 25.0 Å². The highest BCUT2D eigenvalue weighted by molar-refractivity contribution is 5.03. The molecule has 0 aromatic carbocycles. The molecule has 0 unspecified atom stereocenters. The van der Waals surface area contributed by atoms with E-state index in [-0.39, 0.29) is 0 Å². The van der Waals surface area contributed by atoms with Gasteiger partial charge in [0.2, 0.25) is 0 Å². The van der Waals surface area contributed by atoms with Gasteiger partial charge in [-0.15, -0.1) is 0 Å². The summed E-state index contributed by atoms with van der Waals surface area (Å²) in [7, 11) is 0. The second-order valence-corrected chi connectivity index (χ2v) is 4.84. The summed E-state index contributed by atoms with van der Waals surface area (Å²) in [6.07, 6.45) is 13.8. The maximum atomic E-state index is 4.31. The van der Waals surface area contributed by atoms with Crippen LogP contribution in [0.2, 0.25) is 0 Å². The van der Waals surface area contributed by atoms with Gasteiger partial charge in [0.15, 0.2) is 0 Å². The van der Waals surface area contributed by atoms with Gasteiger partial charge < -0.3 is 0 Å². The third kappa shape index (κ3) is 11.6. The number of hydrogen-bond acceptors (Lipinski definition) is 1. The summed E-state index contributed by atoms with van der Waals surface area (Å²) < 4.78 is 0. The van der Waals surface area contributed by atoms with Crippen LogP contribution in [0.4, 0.5) is 0 Å². The molecular formula is C17H31N. The topological polar surface area (TPSA) is 12.9 Å². The minimum atomic E-state index is 1.15. The van der Waals surface area contributed by atoms with Crippen molar-refractivity contribution in [2.75, 3.05) is 0 Å². The maximum Gasteiger partial charge on any atom is 0.0403 e. The molecule has 0 saturated carbocycles. The molecule has 104 valence electrons. The highest BCUT2D eigenvalue weighted by atomic mass is 14.7. The Morgan fingerprint density at radius 1 is 0.778 bits per heavy atom. The molecule has 1 heterocycles. The second-order valence-electron chi connectivity index (χ2n) is 4.84. The first kappa shape index (κ1) is 17.2. The maximum absolute atomic E-state index is 4.31. The number of rotatable bonds is 8. The number of pyridine rings is 1. The van der Waals surface area contributed by atoms with Gasteiger partial charge in [0, 0.05) is 11.9 Å². The van der Waals surface area contributed by atoms with Gasteiger partial charge in [-0.3, -0.25) is 4.98 Å². The first-order chi connectivity index (χ1) is 8.85. The second kappa shape index (κ2) is 14.2. The van der Waals surface area contributed by atoms with Gasteiger partial charge >= 0.3 is 0 Å². The van der Waals surface area contributed by atoms with Crippen molar-refractivity contribution in [3.05, 3.63) is 30.1 Å². The van der Waals surface area contributed by atoms with E-state index in [0.717, 1.165) is 6.42 Å². The first-order valence-electron chi connectivity index (χ1n) is 7.75. The van der Waals surface area contributed by atoms with Crippen LogP contribution in [-0.2, 0) is 6.42 Å². The Hall–Kier alpha value is -0.850. The molecule has 1 heteroatoms. The molecule has 0 aliphatic rings. The van der Waals surface area contributed by atoms with Crippen molar-refractivity contribution in [2.24, 2.45) is 0 Å². The lowest BCUT2D eigenvalue weighted by Gasteiger charge is -2.00. The van der Waals surface area contributed by atoms with E-state index in [1.807, 2.05) is 12.3 Å². The number of aryl methyl sites for hydroxylation is 1. The molecule has 1 aromatic heterocycles. The molecule has 0 amide bonds. The zero-order valence-electron chi connectivity index (χ0n) is 12.6. The van der Waals surface area contributed by atoms with Crippen LogP contribution in [-0.4, -0.2) is 4.98 Å². The molecule has 1 nitrogen and oxygen atoms in total. The quantitative estimate of drug-likeness (QED) is 0.531. The fourth-order valence-electron chi connectivity index (χ4n) is 1.63. The van der Waals surface area contributed by atoms with E-state index < -0.39 is 0 Å². The fourth-order valence-corrected chi connectivity index (χ4v) is 1.63. The van der Waals surface area contributed by atoms with Crippen LogP contribution >= 0.6 is 0 Å². The molecule has 0 saturated heterocycles. The van der Waals surface area contributed by atoms with Crippen LogP contribution in [0.15, 0.2) is 24.4 Å².